The van der Waals surface area contributed by atoms with Crippen LogP contribution in [0.3, 0.4) is 0 Å². The molecular formula is C15H19FN2O3. The highest BCUT2D eigenvalue weighted by molar-refractivity contribution is 5.93. The lowest BCUT2D eigenvalue weighted by molar-refractivity contribution is -0.140. The van der Waals surface area contributed by atoms with E-state index in [1.165, 1.54) is 13.0 Å². The average molecular weight is 294 g/mol. The van der Waals surface area contributed by atoms with E-state index >= 15 is 0 Å². The predicted octanol–water partition coefficient (Wildman–Crippen LogP) is 1.97. The van der Waals surface area contributed by atoms with Crippen LogP contribution in [0.25, 0.3) is 0 Å². The second kappa shape index (κ2) is 6.56. The summed E-state index contributed by atoms with van der Waals surface area (Å²) in [5.41, 5.74) is 5.62. The number of nitrogens with two attached hydrogens (primary N) is 1. The molecule has 1 heterocycles. The number of anilines is 1. The zero-order valence-corrected chi connectivity index (χ0v) is 12.0. The molecule has 1 atom stereocenters. The third-order valence-corrected chi connectivity index (χ3v) is 3.46. The Morgan fingerprint density at radius 2 is 1.90 bits per heavy atom. The number of piperidine rings is 1. The summed E-state index contributed by atoms with van der Waals surface area (Å²) in [7, 11) is 0. The maximum atomic E-state index is 13.2. The second-order valence-electron chi connectivity index (χ2n) is 5.21. The molecule has 2 N–H and O–H groups in total. The molecule has 0 aliphatic carbocycles. The van der Waals surface area contributed by atoms with Crippen molar-refractivity contribution in [1.29, 1.82) is 0 Å². The highest BCUT2D eigenvalue weighted by Crippen LogP contribution is 2.15. The molecule has 1 aliphatic heterocycles. The molecule has 0 saturated carbocycles. The largest absolute Gasteiger partial charge is 0.449 e. The molecule has 114 valence electrons. The Bertz CT molecular complexity index is 521. The zero-order valence-electron chi connectivity index (χ0n) is 12.0. The minimum Gasteiger partial charge on any atom is -0.449 e. The summed E-state index contributed by atoms with van der Waals surface area (Å²) >= 11 is 0. The standard InChI is InChI=1S/C15H19FN2O3/c1-10(14(19)18-5-3-2-4-6-18)21-15(20)11-7-12(16)9-13(17)8-11/h7-10H,2-6,17H2,1H3. The molecule has 0 radical (unpaired) electrons. The molecule has 1 aromatic rings. The number of carbonyl (C=O) groups is 2. The van der Waals surface area contributed by atoms with Crippen LogP contribution < -0.4 is 5.73 Å². The monoisotopic (exact) mass is 294 g/mol. The quantitative estimate of drug-likeness (QED) is 0.683. The van der Waals surface area contributed by atoms with Gasteiger partial charge in [-0.05, 0) is 44.4 Å². The van der Waals surface area contributed by atoms with Gasteiger partial charge in [0.2, 0.25) is 0 Å². The van der Waals surface area contributed by atoms with Gasteiger partial charge in [-0.25, -0.2) is 9.18 Å². The molecule has 0 bridgehead atoms. The van der Waals surface area contributed by atoms with Crippen LogP contribution in [-0.4, -0.2) is 36.0 Å². The van der Waals surface area contributed by atoms with Crippen LogP contribution in [0.1, 0.15) is 36.5 Å². The maximum Gasteiger partial charge on any atom is 0.339 e. The summed E-state index contributed by atoms with van der Waals surface area (Å²) in [6.07, 6.45) is 2.15. The molecule has 1 unspecified atom stereocenters. The Hall–Kier alpha value is -2.11. The SMILES string of the molecule is CC(OC(=O)c1cc(N)cc(F)c1)C(=O)N1CCCCC1. The topological polar surface area (TPSA) is 72.6 Å². The van der Waals surface area contributed by atoms with E-state index in [0.29, 0.717) is 13.1 Å². The molecule has 2 rings (SSSR count). The van der Waals surface area contributed by atoms with Crippen LogP contribution >= 0.6 is 0 Å². The summed E-state index contributed by atoms with van der Waals surface area (Å²) in [4.78, 5) is 25.8. The summed E-state index contributed by atoms with van der Waals surface area (Å²) in [5, 5.41) is 0. The zero-order chi connectivity index (χ0) is 15.4. The Morgan fingerprint density at radius 1 is 1.24 bits per heavy atom. The first-order valence-electron chi connectivity index (χ1n) is 7.03. The van der Waals surface area contributed by atoms with Crippen molar-refractivity contribution in [3.05, 3.63) is 29.6 Å². The molecule has 1 aromatic carbocycles. The van der Waals surface area contributed by atoms with Crippen molar-refractivity contribution < 1.29 is 18.7 Å². The fraction of sp³-hybridized carbons (Fsp3) is 0.467. The molecule has 1 fully saturated rings. The summed E-state index contributed by atoms with van der Waals surface area (Å²) in [6.45, 7) is 2.90. The van der Waals surface area contributed by atoms with Crippen LogP contribution in [0.5, 0.6) is 0 Å². The number of carbonyl (C=O) groups excluding carboxylic acids is 2. The molecule has 1 saturated heterocycles. The number of nitrogens with zero attached hydrogens (tertiary/aromatic N) is 1. The highest BCUT2D eigenvalue weighted by atomic mass is 19.1. The summed E-state index contributed by atoms with van der Waals surface area (Å²) < 4.78 is 18.3. The fourth-order valence-corrected chi connectivity index (χ4v) is 2.38. The second-order valence-corrected chi connectivity index (χ2v) is 5.21. The van der Waals surface area contributed by atoms with Gasteiger partial charge in [0, 0.05) is 18.8 Å². The van der Waals surface area contributed by atoms with E-state index in [9.17, 15) is 14.0 Å². The first-order chi connectivity index (χ1) is 9.97. The highest BCUT2D eigenvalue weighted by Gasteiger charge is 2.25. The van der Waals surface area contributed by atoms with Gasteiger partial charge < -0.3 is 15.4 Å². The number of nitrogen functional groups attached to an aromatic ring is 1. The van der Waals surface area contributed by atoms with E-state index in [-0.39, 0.29) is 17.2 Å². The number of hydrogen-bond acceptors (Lipinski definition) is 4. The number of rotatable bonds is 3. The van der Waals surface area contributed by atoms with Gasteiger partial charge in [-0.1, -0.05) is 0 Å². The maximum absolute atomic E-state index is 13.2. The Balaban J connectivity index is 1.99. The normalized spacial score (nSPS) is 16.4. The van der Waals surface area contributed by atoms with Crippen molar-refractivity contribution in [3.63, 3.8) is 0 Å². The molecular weight excluding hydrogens is 275 g/mol. The van der Waals surface area contributed by atoms with Crippen LogP contribution in [-0.2, 0) is 9.53 Å². The summed E-state index contributed by atoms with van der Waals surface area (Å²) in [6, 6.07) is 3.47. The third kappa shape index (κ3) is 3.93. The van der Waals surface area contributed by atoms with Gasteiger partial charge in [-0.2, -0.15) is 0 Å². The van der Waals surface area contributed by atoms with Crippen LogP contribution in [0.4, 0.5) is 10.1 Å². The van der Waals surface area contributed by atoms with Crippen LogP contribution in [0.15, 0.2) is 18.2 Å². The molecule has 0 spiro atoms. The van der Waals surface area contributed by atoms with Gasteiger partial charge in [0.05, 0.1) is 5.56 Å². The van der Waals surface area contributed by atoms with Crippen LogP contribution in [0.2, 0.25) is 0 Å². The fourth-order valence-electron chi connectivity index (χ4n) is 2.38. The van der Waals surface area contributed by atoms with Crippen molar-refractivity contribution in [2.24, 2.45) is 0 Å². The Morgan fingerprint density at radius 3 is 2.52 bits per heavy atom. The molecule has 21 heavy (non-hydrogen) atoms. The lowest BCUT2D eigenvalue weighted by Gasteiger charge is -2.28. The van der Waals surface area contributed by atoms with Gasteiger partial charge >= 0.3 is 5.97 Å². The van der Waals surface area contributed by atoms with E-state index in [1.54, 1.807) is 4.90 Å². The number of benzene rings is 1. The van der Waals surface area contributed by atoms with E-state index in [0.717, 1.165) is 31.4 Å². The van der Waals surface area contributed by atoms with Gasteiger partial charge in [0.1, 0.15) is 5.82 Å². The van der Waals surface area contributed by atoms with Gasteiger partial charge in [0.15, 0.2) is 6.10 Å². The van der Waals surface area contributed by atoms with E-state index in [2.05, 4.69) is 0 Å². The minimum atomic E-state index is -0.889. The minimum absolute atomic E-state index is 0.00536. The van der Waals surface area contributed by atoms with E-state index in [1.807, 2.05) is 0 Å². The van der Waals surface area contributed by atoms with Crippen molar-refractivity contribution in [2.45, 2.75) is 32.3 Å². The van der Waals surface area contributed by atoms with Crippen molar-refractivity contribution in [3.8, 4) is 0 Å². The summed E-state index contributed by atoms with van der Waals surface area (Å²) in [5.74, 6) is -1.58. The smallest absolute Gasteiger partial charge is 0.339 e. The molecule has 6 heteroatoms. The number of ether oxygens (including phenoxy) is 1. The average Bonchev–Trinajstić information content (AvgIpc) is 2.46. The number of halogens is 1. The van der Waals surface area contributed by atoms with Gasteiger partial charge in [-0.15, -0.1) is 0 Å². The number of amides is 1. The number of likely N-dealkylation sites (tertiary alicyclic amines) is 1. The van der Waals surface area contributed by atoms with Crippen LogP contribution in [0, 0.1) is 5.82 Å². The van der Waals surface area contributed by atoms with Crippen molar-refractivity contribution in [2.75, 3.05) is 18.8 Å². The predicted molar refractivity (Wildman–Crippen MR) is 76.1 cm³/mol. The van der Waals surface area contributed by atoms with Crippen molar-refractivity contribution >= 4 is 17.6 Å². The molecule has 1 aliphatic rings. The van der Waals surface area contributed by atoms with Gasteiger partial charge in [0.25, 0.3) is 5.91 Å². The Labute approximate surface area is 122 Å². The lowest BCUT2D eigenvalue weighted by Crippen LogP contribution is -2.42. The number of hydrogen-bond donors (Lipinski definition) is 1. The molecule has 1 amide bonds. The third-order valence-electron chi connectivity index (χ3n) is 3.46. The number of esters is 1. The van der Waals surface area contributed by atoms with E-state index < -0.39 is 17.9 Å². The van der Waals surface area contributed by atoms with E-state index in [4.69, 9.17) is 10.5 Å². The van der Waals surface area contributed by atoms with Crippen molar-refractivity contribution in [1.82, 2.24) is 4.90 Å². The first-order valence-corrected chi connectivity index (χ1v) is 7.03. The molecule has 0 aromatic heterocycles. The molecule has 5 nitrogen and oxygen atoms in total. The lowest BCUT2D eigenvalue weighted by atomic mass is 10.1. The van der Waals surface area contributed by atoms with Gasteiger partial charge in [-0.3, -0.25) is 4.79 Å². The first kappa shape index (κ1) is 15.3. The Kier molecular flexibility index (Phi) is 4.77.